The molecule has 0 nitrogen and oxygen atoms in total. The molecule has 0 fully saturated rings. The molecule has 0 rings (SSSR count). The molecule has 0 spiro atoms. The van der Waals surface area contributed by atoms with Gasteiger partial charge in [-0.25, -0.2) is 0 Å². The number of rotatable bonds is 0. The first-order valence-corrected chi connectivity index (χ1v) is 5.25. The van der Waals surface area contributed by atoms with Crippen LogP contribution in [0.5, 0.6) is 0 Å². The minimum atomic E-state index is -10.7. The molecule has 0 N–H and O–H groups in total. The molecule has 0 aliphatic rings. The summed E-state index contributed by atoms with van der Waals surface area (Å²) >= 11 is 0. The van der Waals surface area contributed by atoms with E-state index in [1.165, 1.54) is 6.16 Å². The summed E-state index contributed by atoms with van der Waals surface area (Å²) < 4.78 is 59.2. The van der Waals surface area contributed by atoms with Crippen molar-refractivity contribution in [1.82, 2.24) is 0 Å². The molecule has 0 saturated heterocycles. The molecule has 0 saturated carbocycles. The van der Waals surface area contributed by atoms with Crippen molar-refractivity contribution in [3.05, 3.63) is 0 Å². The fourth-order valence-corrected chi connectivity index (χ4v) is 0. The van der Waals surface area contributed by atoms with Gasteiger partial charge in [-0.2, -0.15) is 0 Å². The van der Waals surface area contributed by atoms with Crippen LogP contribution in [0.1, 0.15) is 6.92 Å². The first kappa shape index (κ1) is 13.1. The maximum atomic E-state index is 9.87. The number of hydrogen-bond acceptors (Lipinski definition) is 0. The summed E-state index contributed by atoms with van der Waals surface area (Å²) in [4.78, 5) is 0. The van der Waals surface area contributed by atoms with Crippen LogP contribution >= 0.6 is 17.0 Å². The average molecular weight is 208 g/mol. The second-order valence-electron chi connectivity index (χ2n) is 1.46. The predicted octanol–water partition coefficient (Wildman–Crippen LogP) is 4.00. The van der Waals surface area contributed by atoms with E-state index in [9.17, 15) is 25.2 Å². The third-order valence-corrected chi connectivity index (χ3v) is 0. The van der Waals surface area contributed by atoms with E-state index in [-0.39, 0.29) is 0 Å². The van der Waals surface area contributed by atoms with Crippen molar-refractivity contribution >= 4 is 17.0 Å². The molecule has 68 valence electrons. The molecule has 0 aromatic carbocycles. The van der Waals surface area contributed by atoms with E-state index >= 15 is 0 Å². The molecule has 1 unspecified atom stereocenters. The summed E-state index contributed by atoms with van der Waals surface area (Å²) in [5, 5.41) is 0. The van der Waals surface area contributed by atoms with Gasteiger partial charge in [0.15, 0.2) is 0 Å². The van der Waals surface area contributed by atoms with Crippen LogP contribution in [0.25, 0.3) is 0 Å². The maximum absolute atomic E-state index is 10.7. The van der Waals surface area contributed by atoms with E-state index in [4.69, 9.17) is 0 Å². The van der Waals surface area contributed by atoms with Gasteiger partial charge in [-0.3, -0.25) is 0 Å². The van der Waals surface area contributed by atoms with Crippen LogP contribution < -0.4 is 0 Å². The topological polar surface area (TPSA) is 0 Å². The molecule has 0 aliphatic heterocycles. The van der Waals surface area contributed by atoms with Gasteiger partial charge in [0, 0.05) is 6.16 Å². The molecule has 1 atom stereocenters. The summed E-state index contributed by atoms with van der Waals surface area (Å²) in [6.45, 7) is 2.14. The molecular formula is C2H8F6P2. The zero-order valence-corrected chi connectivity index (χ0v) is 7.44. The van der Waals surface area contributed by atoms with E-state index in [1.807, 2.05) is 9.24 Å². The predicted molar refractivity (Wildman–Crippen MR) is 35.2 cm³/mol. The Morgan fingerprint density at radius 1 is 1.00 bits per heavy atom. The Morgan fingerprint density at radius 2 is 1.00 bits per heavy atom. The Hall–Kier alpha value is 0.440. The van der Waals surface area contributed by atoms with Gasteiger partial charge in [0.1, 0.15) is 0 Å². The third-order valence-electron chi connectivity index (χ3n) is 0. The van der Waals surface area contributed by atoms with Gasteiger partial charge in [-0.15, -0.1) is 0 Å². The van der Waals surface area contributed by atoms with E-state index in [2.05, 4.69) is 6.92 Å². The van der Waals surface area contributed by atoms with E-state index in [1.54, 1.807) is 0 Å². The minimum absolute atomic E-state index is 1.28. The Balaban J connectivity index is 0. The van der Waals surface area contributed by atoms with Crippen LogP contribution in [0.4, 0.5) is 25.2 Å². The van der Waals surface area contributed by atoms with Crippen molar-refractivity contribution in [3.63, 3.8) is 0 Å². The summed E-state index contributed by atoms with van der Waals surface area (Å²) in [6, 6.07) is 0. The molecule has 0 aromatic heterocycles. The quantitative estimate of drug-likeness (QED) is 0.417. The van der Waals surface area contributed by atoms with Gasteiger partial charge >= 0.3 is 33.0 Å². The summed E-state index contributed by atoms with van der Waals surface area (Å²) in [5.74, 6) is 0. The second-order valence-corrected chi connectivity index (χ2v) is 4.37. The summed E-state index contributed by atoms with van der Waals surface area (Å²) in [6.07, 6.45) is 1.28. The normalized spacial score (nSPS) is 18.3. The Kier molecular flexibility index (Phi) is 3.25. The Labute approximate surface area is 56.4 Å². The van der Waals surface area contributed by atoms with Crippen LogP contribution in [-0.4, -0.2) is 6.16 Å². The molecule has 0 bridgehead atoms. The average Bonchev–Trinajstić information content (AvgIpc) is 1.20. The zero-order chi connectivity index (χ0) is 9.12. The summed E-state index contributed by atoms with van der Waals surface area (Å²) in [5.41, 5.74) is 0. The van der Waals surface area contributed by atoms with Gasteiger partial charge in [-0.05, 0) is 16.2 Å². The second kappa shape index (κ2) is 2.49. The van der Waals surface area contributed by atoms with Crippen LogP contribution in [0.15, 0.2) is 0 Å². The van der Waals surface area contributed by atoms with Crippen LogP contribution in [0, 0.1) is 0 Å². The standard InChI is InChI=1S/C2H7P.F6P/c1-2-3;1-7(2,3,4,5)6/h2-3H2,1H3;/q;-1/p+1. The Morgan fingerprint density at radius 3 is 1.00 bits per heavy atom. The molecule has 8 heteroatoms. The monoisotopic (exact) mass is 208 g/mol. The molecule has 0 aromatic rings. The number of halogens is 6. The molecular weight excluding hydrogens is 200 g/mol. The zero-order valence-electron chi connectivity index (χ0n) is 5.13. The van der Waals surface area contributed by atoms with E-state index in [0.29, 0.717) is 0 Å². The van der Waals surface area contributed by atoms with Crippen molar-refractivity contribution in [2.75, 3.05) is 6.16 Å². The van der Waals surface area contributed by atoms with E-state index in [0.717, 1.165) is 0 Å². The van der Waals surface area contributed by atoms with Gasteiger partial charge < -0.3 is 0 Å². The van der Waals surface area contributed by atoms with Gasteiger partial charge in [0.2, 0.25) is 0 Å². The fraction of sp³-hybridized carbons (Fsp3) is 1.00. The summed E-state index contributed by atoms with van der Waals surface area (Å²) in [7, 11) is -8.68. The fourth-order valence-electron chi connectivity index (χ4n) is 0. The van der Waals surface area contributed by atoms with Crippen molar-refractivity contribution in [2.45, 2.75) is 6.92 Å². The first-order valence-electron chi connectivity index (χ1n) is 2.22. The van der Waals surface area contributed by atoms with Crippen LogP contribution in [-0.2, 0) is 0 Å². The van der Waals surface area contributed by atoms with Crippen molar-refractivity contribution in [2.24, 2.45) is 0 Å². The molecule has 10 heavy (non-hydrogen) atoms. The molecule has 0 heterocycles. The van der Waals surface area contributed by atoms with E-state index < -0.39 is 7.81 Å². The first-order chi connectivity index (χ1) is 3.86. The van der Waals surface area contributed by atoms with Gasteiger partial charge in [0.05, 0.1) is 0 Å². The third kappa shape index (κ3) is 2410. The van der Waals surface area contributed by atoms with Crippen LogP contribution in [0.3, 0.4) is 0 Å². The number of hydrogen-bond donors (Lipinski definition) is 0. The SMILES string of the molecule is CC[PH3+].F[P-](F)(F)(F)(F)F. The van der Waals surface area contributed by atoms with Crippen molar-refractivity contribution in [3.8, 4) is 0 Å². The van der Waals surface area contributed by atoms with Crippen molar-refractivity contribution in [1.29, 1.82) is 0 Å². The Bertz CT molecular complexity index is 83.1. The van der Waals surface area contributed by atoms with Gasteiger partial charge in [-0.1, -0.05) is 0 Å². The van der Waals surface area contributed by atoms with Gasteiger partial charge in [0.25, 0.3) is 0 Å². The molecule has 0 amide bonds. The van der Waals surface area contributed by atoms with Crippen molar-refractivity contribution < 1.29 is 25.2 Å². The molecule has 0 radical (unpaired) electrons. The molecule has 0 aliphatic carbocycles. The van der Waals surface area contributed by atoms with Crippen LogP contribution in [0.2, 0.25) is 0 Å².